The van der Waals surface area contributed by atoms with E-state index in [1.165, 1.54) is 27.5 Å². The van der Waals surface area contributed by atoms with Crippen molar-refractivity contribution >= 4 is 62.2 Å². The highest BCUT2D eigenvalue weighted by molar-refractivity contribution is 7.17. The second kappa shape index (κ2) is 28.5. The number of carbonyl (C=O) groups excluding carboxylic acids is 5. The Hall–Kier alpha value is -6.47. The number of likely N-dealkylation sites (N-methyl/N-ethyl adjacent to an activating group) is 2. The molecule has 21 nitrogen and oxygen atoms in total. The molecule has 6 heterocycles. The highest BCUT2D eigenvalue weighted by atomic mass is 32.1. The van der Waals surface area contributed by atoms with Gasteiger partial charge in [0.25, 0.3) is 11.8 Å². The van der Waals surface area contributed by atoms with Crippen LogP contribution in [0.25, 0.3) is 21.1 Å². The third kappa shape index (κ3) is 16.6. The number of hydrogen-bond acceptors (Lipinski definition) is 16. The van der Waals surface area contributed by atoms with Gasteiger partial charge in [-0.15, -0.1) is 11.3 Å². The molecule has 2 saturated heterocycles. The summed E-state index contributed by atoms with van der Waals surface area (Å²) in [7, 11) is 3.07. The molecule has 4 aromatic heterocycles. The first kappa shape index (κ1) is 60.6. The van der Waals surface area contributed by atoms with Gasteiger partial charge in [0, 0.05) is 83.6 Å². The minimum Gasteiger partial charge on any atom is -0.489 e. The molecule has 24 heteroatoms. The topological polar surface area (TPSA) is 213 Å². The molecular formula is C57H77F2N9O12S. The lowest BCUT2D eigenvalue weighted by molar-refractivity contribution is -0.140. The van der Waals surface area contributed by atoms with E-state index in [0.717, 1.165) is 91.9 Å². The van der Waals surface area contributed by atoms with Gasteiger partial charge in [-0.3, -0.25) is 34.0 Å². The van der Waals surface area contributed by atoms with Crippen LogP contribution < -0.4 is 14.8 Å². The summed E-state index contributed by atoms with van der Waals surface area (Å²) in [6.07, 6.45) is 7.47. The molecule has 8 rings (SSSR count). The van der Waals surface area contributed by atoms with E-state index in [2.05, 4.69) is 20.4 Å². The van der Waals surface area contributed by atoms with Crippen molar-refractivity contribution in [3.05, 3.63) is 71.1 Å². The summed E-state index contributed by atoms with van der Waals surface area (Å²) in [6.45, 7) is 11.7. The van der Waals surface area contributed by atoms with Crippen molar-refractivity contribution < 1.29 is 65.7 Å². The summed E-state index contributed by atoms with van der Waals surface area (Å²) in [5.41, 5.74) is 0.434. The van der Waals surface area contributed by atoms with Crippen LogP contribution >= 0.6 is 11.3 Å². The minimum absolute atomic E-state index is 0.0628. The molecule has 3 fully saturated rings. The Morgan fingerprint density at radius 3 is 2.20 bits per heavy atom. The van der Waals surface area contributed by atoms with Gasteiger partial charge >= 0.3 is 6.09 Å². The average molecular weight is 1150 g/mol. The Morgan fingerprint density at radius 2 is 1.49 bits per heavy atom. The van der Waals surface area contributed by atoms with Crippen LogP contribution in [0.5, 0.6) is 11.6 Å². The number of rotatable bonds is 25. The summed E-state index contributed by atoms with van der Waals surface area (Å²) >= 11 is 1.64. The van der Waals surface area contributed by atoms with Crippen LogP contribution in [-0.4, -0.2) is 199 Å². The first-order chi connectivity index (χ1) is 38.9. The largest absolute Gasteiger partial charge is 0.489 e. The van der Waals surface area contributed by atoms with Crippen molar-refractivity contribution in [2.45, 2.75) is 110 Å². The number of nitrogens with zero attached hydrogens (tertiary/aromatic N) is 8. The zero-order valence-electron chi connectivity index (χ0n) is 47.3. The Morgan fingerprint density at radius 1 is 0.827 bits per heavy atom. The molecule has 0 spiro atoms. The van der Waals surface area contributed by atoms with Gasteiger partial charge in [0.15, 0.2) is 17.4 Å². The number of fused-ring (bicyclic) bond motifs is 2. The summed E-state index contributed by atoms with van der Waals surface area (Å²) in [4.78, 5) is 81.1. The van der Waals surface area contributed by atoms with Crippen LogP contribution in [0.1, 0.15) is 88.9 Å². The van der Waals surface area contributed by atoms with Gasteiger partial charge in [-0.1, -0.05) is 19.3 Å². The van der Waals surface area contributed by atoms with E-state index in [-0.39, 0.29) is 93.6 Å². The van der Waals surface area contributed by atoms with E-state index in [9.17, 15) is 32.8 Å². The third-order valence-electron chi connectivity index (χ3n) is 14.9. The number of benzene rings is 1. The van der Waals surface area contributed by atoms with Crippen molar-refractivity contribution in [3.8, 4) is 11.6 Å². The van der Waals surface area contributed by atoms with Crippen LogP contribution in [0, 0.1) is 17.6 Å². The second-order valence-corrected chi connectivity index (χ2v) is 22.8. The average Bonchev–Trinajstić information content (AvgIpc) is 4.43. The van der Waals surface area contributed by atoms with Crippen LogP contribution in [0.4, 0.5) is 13.6 Å². The molecule has 0 radical (unpaired) electrons. The molecule has 3 aliphatic rings. The summed E-state index contributed by atoms with van der Waals surface area (Å²) in [5.74, 6) is -1.92. The smallest absolute Gasteiger partial charge is 0.410 e. The van der Waals surface area contributed by atoms with Crippen molar-refractivity contribution in [1.82, 2.24) is 44.5 Å². The molecule has 442 valence electrons. The van der Waals surface area contributed by atoms with E-state index >= 15 is 0 Å². The molecule has 1 saturated carbocycles. The summed E-state index contributed by atoms with van der Waals surface area (Å²) in [6, 6.07) is 7.40. The maximum absolute atomic E-state index is 14.7. The number of likely N-dealkylation sites (tertiary alicyclic amines) is 1. The van der Waals surface area contributed by atoms with Crippen LogP contribution in [0.3, 0.4) is 0 Å². The standard InChI is InChI=1S/C57H77F2N9O12S/c1-38(64(6)56(73)79-57(2,3)4)53(70)61-51(39-10-8-7-9-11-39)55(72)67-21-19-66(20-22-67)54(71)47-33-40-32-43(58)44(59)35-46(40)68(47)37-50(69)63(5)23-24-74-25-26-75-27-28-76-29-30-77-49-34-42(80-62-49)36-65-17-13-41(14-18-65)78-48-12-16-60-45-15-31-81-52(45)48/h12,15-16,31-35,38-39,41,51H,7-11,13-14,17-30,36-37H2,1-6H3,(H,61,70)/t38-,51-/m0/s1. The molecule has 5 aromatic rings. The predicted octanol–water partition coefficient (Wildman–Crippen LogP) is 6.75. The molecule has 2 atom stereocenters. The van der Waals surface area contributed by atoms with Gasteiger partial charge in [-0.25, -0.2) is 13.6 Å². The third-order valence-corrected chi connectivity index (χ3v) is 15.9. The fraction of sp³-hybridized carbons (Fsp3) is 0.596. The lowest BCUT2D eigenvalue weighted by Crippen LogP contribution is -2.60. The fourth-order valence-electron chi connectivity index (χ4n) is 10.2. The van der Waals surface area contributed by atoms with Gasteiger partial charge in [0.2, 0.25) is 17.7 Å². The Kier molecular flexibility index (Phi) is 21.3. The number of piperazine rings is 1. The van der Waals surface area contributed by atoms with E-state index in [1.807, 2.05) is 17.5 Å². The Balaban J connectivity index is 0.717. The Labute approximate surface area is 475 Å². The molecule has 1 aromatic carbocycles. The Bertz CT molecular complexity index is 2910. The first-order valence-electron chi connectivity index (χ1n) is 28.0. The molecule has 81 heavy (non-hydrogen) atoms. The second-order valence-electron chi connectivity index (χ2n) is 21.9. The van der Waals surface area contributed by atoms with Crippen LogP contribution in [0.15, 0.2) is 52.5 Å². The molecular weight excluding hydrogens is 1070 g/mol. The number of hydrogen-bond donors (Lipinski definition) is 1. The molecule has 0 bridgehead atoms. The molecule has 5 amide bonds. The maximum Gasteiger partial charge on any atom is 0.410 e. The number of pyridine rings is 1. The van der Waals surface area contributed by atoms with Crippen LogP contribution in [0.2, 0.25) is 0 Å². The lowest BCUT2D eigenvalue weighted by Gasteiger charge is -2.39. The van der Waals surface area contributed by atoms with Gasteiger partial charge in [-0.05, 0) is 94.1 Å². The summed E-state index contributed by atoms with van der Waals surface area (Å²) in [5, 5.41) is 9.28. The first-order valence-corrected chi connectivity index (χ1v) is 28.9. The molecule has 0 unspecified atom stereocenters. The van der Waals surface area contributed by atoms with E-state index < -0.39 is 53.1 Å². The van der Waals surface area contributed by atoms with E-state index in [4.69, 9.17) is 32.9 Å². The zero-order valence-corrected chi connectivity index (χ0v) is 48.1. The van der Waals surface area contributed by atoms with Gasteiger partial charge in [0.05, 0.1) is 61.9 Å². The lowest BCUT2D eigenvalue weighted by atomic mass is 9.83. The normalized spacial score (nSPS) is 16.6. The SMILES string of the molecule is C[C@@H](C(=O)N[C@H](C(=O)N1CCN(C(=O)c2cc3cc(F)c(F)cc3n2CC(=O)N(C)CCOCCOCCOCCOc2cc(CN3CCC(Oc4ccnc5ccsc45)CC3)on2)CC1)C1CCCCC1)N(C)C(=O)OC(C)(C)C. The van der Waals surface area contributed by atoms with E-state index in [1.54, 1.807) is 68.1 Å². The number of ether oxygens (including phenoxy) is 6. The zero-order chi connectivity index (χ0) is 57.6. The highest BCUT2D eigenvalue weighted by Gasteiger charge is 2.38. The number of nitrogens with one attached hydrogen (secondary N) is 1. The number of piperidine rings is 1. The van der Waals surface area contributed by atoms with Gasteiger partial charge in [-0.2, -0.15) is 0 Å². The number of halogens is 2. The van der Waals surface area contributed by atoms with Crippen molar-refractivity contribution in [1.29, 1.82) is 0 Å². The number of thiophene rings is 1. The minimum atomic E-state index is -1.13. The van der Waals surface area contributed by atoms with E-state index in [0.29, 0.717) is 38.9 Å². The number of carbonyl (C=O) groups is 5. The molecule has 1 N–H and O–H groups in total. The van der Waals surface area contributed by atoms with Crippen molar-refractivity contribution in [3.63, 3.8) is 0 Å². The maximum atomic E-state index is 14.7. The highest BCUT2D eigenvalue weighted by Crippen LogP contribution is 2.32. The van der Waals surface area contributed by atoms with Crippen molar-refractivity contribution in [2.75, 3.05) is 106 Å². The molecule has 2 aliphatic heterocycles. The predicted molar refractivity (Wildman–Crippen MR) is 297 cm³/mol. The molecule has 1 aliphatic carbocycles. The monoisotopic (exact) mass is 1150 g/mol. The fourth-order valence-corrected chi connectivity index (χ4v) is 11.0. The van der Waals surface area contributed by atoms with Gasteiger partial charge in [0.1, 0.15) is 48.4 Å². The number of amides is 5. The van der Waals surface area contributed by atoms with Crippen molar-refractivity contribution in [2.24, 2.45) is 5.92 Å². The quantitative estimate of drug-likeness (QED) is 0.0599. The van der Waals surface area contributed by atoms with Crippen LogP contribution in [-0.2, 0) is 46.4 Å². The van der Waals surface area contributed by atoms with Gasteiger partial charge < -0.3 is 57.5 Å². The number of aromatic nitrogens is 3. The summed E-state index contributed by atoms with van der Waals surface area (Å²) < 4.78 is 71.7.